The summed E-state index contributed by atoms with van der Waals surface area (Å²) in [7, 11) is 0. The molecule has 3 rings (SSSR count). The molecule has 2 aliphatic rings. The number of thiophene rings is 1. The molecule has 0 radical (unpaired) electrons. The summed E-state index contributed by atoms with van der Waals surface area (Å²) < 4.78 is 1.27. The first-order valence-electron chi connectivity index (χ1n) is 8.26. The Morgan fingerprint density at radius 3 is 2.76 bits per heavy atom. The first-order valence-corrected chi connectivity index (χ1v) is 9.94. The highest BCUT2D eigenvalue weighted by Crippen LogP contribution is 2.33. The van der Waals surface area contributed by atoms with E-state index in [-0.39, 0.29) is 5.54 Å². The van der Waals surface area contributed by atoms with Gasteiger partial charge >= 0.3 is 0 Å². The zero-order chi connectivity index (χ0) is 14.9. The van der Waals surface area contributed by atoms with Gasteiger partial charge in [0.25, 0.3) is 0 Å². The highest BCUT2D eigenvalue weighted by Gasteiger charge is 2.37. The fraction of sp³-hybridized carbons (Fsp3) is 0.765. The molecule has 1 aliphatic carbocycles. The summed E-state index contributed by atoms with van der Waals surface area (Å²) in [4.78, 5) is 4.16. The van der Waals surface area contributed by atoms with E-state index in [1.54, 1.807) is 0 Å². The summed E-state index contributed by atoms with van der Waals surface area (Å²) >= 11 is 5.56. The molecule has 0 amide bonds. The van der Waals surface area contributed by atoms with Gasteiger partial charge in [0.05, 0.1) is 0 Å². The third kappa shape index (κ3) is 3.72. The summed E-state index contributed by atoms with van der Waals surface area (Å²) in [5.74, 6) is 0.893. The van der Waals surface area contributed by atoms with Crippen molar-refractivity contribution < 1.29 is 0 Å². The van der Waals surface area contributed by atoms with Crippen molar-refractivity contribution in [3.63, 3.8) is 0 Å². The standard InChI is InChI=1S/C17H27BrN2S/c1-17(2)12-19-15(13-6-4-3-5-7-13)10-20(17)11-16-14(18)8-9-21-16/h8-9,13,15,19H,3-7,10-12H2,1-2H3. The number of piperazine rings is 1. The van der Waals surface area contributed by atoms with Crippen LogP contribution >= 0.6 is 27.3 Å². The average Bonchev–Trinajstić information content (AvgIpc) is 2.87. The Hall–Kier alpha value is 0.100. The molecular weight excluding hydrogens is 344 g/mol. The SMILES string of the molecule is CC1(C)CNC(C2CCCCC2)CN1Cc1sccc1Br. The Bertz CT molecular complexity index is 465. The lowest BCUT2D eigenvalue weighted by Crippen LogP contribution is -2.63. The van der Waals surface area contributed by atoms with Crippen LogP contribution in [-0.4, -0.2) is 29.6 Å². The van der Waals surface area contributed by atoms with Crippen molar-refractivity contribution in [3.05, 3.63) is 20.8 Å². The number of nitrogens with one attached hydrogen (secondary N) is 1. The van der Waals surface area contributed by atoms with E-state index in [0.717, 1.165) is 19.0 Å². The van der Waals surface area contributed by atoms with Gasteiger partial charge in [-0.1, -0.05) is 19.3 Å². The minimum Gasteiger partial charge on any atom is -0.311 e. The van der Waals surface area contributed by atoms with Crippen LogP contribution in [0.2, 0.25) is 0 Å². The molecule has 118 valence electrons. The van der Waals surface area contributed by atoms with Crippen LogP contribution in [0.5, 0.6) is 0 Å². The predicted molar refractivity (Wildman–Crippen MR) is 94.9 cm³/mol. The van der Waals surface area contributed by atoms with Crippen LogP contribution in [0.4, 0.5) is 0 Å². The first-order chi connectivity index (χ1) is 10.1. The average molecular weight is 371 g/mol. The Labute approximate surface area is 141 Å². The molecule has 1 atom stereocenters. The van der Waals surface area contributed by atoms with Crippen molar-refractivity contribution in [3.8, 4) is 0 Å². The van der Waals surface area contributed by atoms with Crippen molar-refractivity contribution >= 4 is 27.3 Å². The molecule has 1 saturated heterocycles. The summed E-state index contributed by atoms with van der Waals surface area (Å²) in [6.45, 7) is 8.13. The molecule has 1 saturated carbocycles. The fourth-order valence-corrected chi connectivity index (χ4v) is 5.28. The zero-order valence-corrected chi connectivity index (χ0v) is 15.6. The van der Waals surface area contributed by atoms with Crippen LogP contribution < -0.4 is 5.32 Å². The topological polar surface area (TPSA) is 15.3 Å². The van der Waals surface area contributed by atoms with Gasteiger partial charge in [-0.2, -0.15) is 0 Å². The van der Waals surface area contributed by atoms with Crippen LogP contribution in [0, 0.1) is 5.92 Å². The van der Waals surface area contributed by atoms with Crippen molar-refractivity contribution in [1.82, 2.24) is 10.2 Å². The van der Waals surface area contributed by atoms with Gasteiger partial charge in [0.1, 0.15) is 0 Å². The minimum absolute atomic E-state index is 0.245. The Kier molecular flexibility index (Phi) is 5.09. The maximum atomic E-state index is 3.85. The maximum Gasteiger partial charge on any atom is 0.0345 e. The predicted octanol–water partition coefficient (Wildman–Crippen LogP) is 4.64. The molecule has 4 heteroatoms. The molecular formula is C17H27BrN2S. The Morgan fingerprint density at radius 1 is 1.33 bits per heavy atom. The van der Waals surface area contributed by atoms with Gasteiger partial charge in [0, 0.05) is 40.6 Å². The fourth-order valence-electron chi connectivity index (χ4n) is 3.78. The van der Waals surface area contributed by atoms with Crippen molar-refractivity contribution in [2.24, 2.45) is 5.92 Å². The summed E-state index contributed by atoms with van der Waals surface area (Å²) in [5, 5.41) is 6.04. The summed E-state index contributed by atoms with van der Waals surface area (Å²) in [5.41, 5.74) is 0.245. The van der Waals surface area contributed by atoms with Gasteiger partial charge < -0.3 is 5.32 Å². The molecule has 1 aromatic heterocycles. The molecule has 0 spiro atoms. The molecule has 2 fully saturated rings. The second kappa shape index (κ2) is 6.69. The van der Waals surface area contributed by atoms with Gasteiger partial charge in [0.2, 0.25) is 0 Å². The van der Waals surface area contributed by atoms with E-state index in [1.807, 2.05) is 11.3 Å². The van der Waals surface area contributed by atoms with E-state index in [4.69, 9.17) is 0 Å². The van der Waals surface area contributed by atoms with E-state index in [1.165, 1.54) is 48.0 Å². The maximum absolute atomic E-state index is 3.85. The molecule has 1 aliphatic heterocycles. The monoisotopic (exact) mass is 370 g/mol. The van der Waals surface area contributed by atoms with Crippen molar-refractivity contribution in [1.29, 1.82) is 0 Å². The second-order valence-electron chi connectivity index (χ2n) is 7.27. The van der Waals surface area contributed by atoms with E-state index >= 15 is 0 Å². The lowest BCUT2D eigenvalue weighted by Gasteiger charge is -2.48. The van der Waals surface area contributed by atoms with E-state index in [2.05, 4.69) is 51.4 Å². The smallest absolute Gasteiger partial charge is 0.0345 e. The van der Waals surface area contributed by atoms with Gasteiger partial charge in [-0.3, -0.25) is 4.90 Å². The van der Waals surface area contributed by atoms with Crippen LogP contribution in [0.15, 0.2) is 15.9 Å². The quantitative estimate of drug-likeness (QED) is 0.833. The molecule has 2 heterocycles. The number of rotatable bonds is 3. The molecule has 21 heavy (non-hydrogen) atoms. The van der Waals surface area contributed by atoms with Gasteiger partial charge in [0.15, 0.2) is 0 Å². The molecule has 1 unspecified atom stereocenters. The van der Waals surface area contributed by atoms with E-state index < -0.39 is 0 Å². The van der Waals surface area contributed by atoms with Crippen LogP contribution in [0.25, 0.3) is 0 Å². The lowest BCUT2D eigenvalue weighted by molar-refractivity contribution is 0.0381. The number of halogens is 1. The number of nitrogens with zero attached hydrogens (tertiary/aromatic N) is 1. The van der Waals surface area contributed by atoms with Crippen molar-refractivity contribution in [2.75, 3.05) is 13.1 Å². The highest BCUT2D eigenvalue weighted by molar-refractivity contribution is 9.10. The second-order valence-corrected chi connectivity index (χ2v) is 9.13. The Morgan fingerprint density at radius 2 is 2.10 bits per heavy atom. The zero-order valence-electron chi connectivity index (χ0n) is 13.2. The minimum atomic E-state index is 0.245. The van der Waals surface area contributed by atoms with E-state index in [9.17, 15) is 0 Å². The lowest BCUT2D eigenvalue weighted by atomic mass is 9.81. The first kappa shape index (κ1) is 16.0. The molecule has 1 aromatic rings. The molecule has 1 N–H and O–H groups in total. The van der Waals surface area contributed by atoms with Crippen LogP contribution in [0.1, 0.15) is 50.8 Å². The third-order valence-electron chi connectivity index (χ3n) is 5.31. The normalized spacial score (nSPS) is 27.9. The van der Waals surface area contributed by atoms with Gasteiger partial charge in [-0.25, -0.2) is 0 Å². The van der Waals surface area contributed by atoms with Gasteiger partial charge in [-0.15, -0.1) is 11.3 Å². The molecule has 2 nitrogen and oxygen atoms in total. The number of hydrogen-bond acceptors (Lipinski definition) is 3. The third-order valence-corrected chi connectivity index (χ3v) is 7.23. The Balaban J connectivity index is 1.68. The summed E-state index contributed by atoms with van der Waals surface area (Å²) in [6.07, 6.45) is 7.16. The molecule has 0 aromatic carbocycles. The van der Waals surface area contributed by atoms with Crippen LogP contribution in [-0.2, 0) is 6.54 Å². The highest BCUT2D eigenvalue weighted by atomic mass is 79.9. The van der Waals surface area contributed by atoms with Gasteiger partial charge in [-0.05, 0) is 60.0 Å². The largest absolute Gasteiger partial charge is 0.311 e. The summed E-state index contributed by atoms with van der Waals surface area (Å²) in [6, 6.07) is 2.87. The molecule has 0 bridgehead atoms. The van der Waals surface area contributed by atoms with Crippen molar-refractivity contribution in [2.45, 2.75) is 64.1 Å². The number of hydrogen-bond donors (Lipinski definition) is 1. The van der Waals surface area contributed by atoms with E-state index in [0.29, 0.717) is 6.04 Å². The van der Waals surface area contributed by atoms with Crippen LogP contribution in [0.3, 0.4) is 0 Å².